The van der Waals surface area contributed by atoms with Crippen LogP contribution in [-0.2, 0) is 14.3 Å². The van der Waals surface area contributed by atoms with Crippen molar-refractivity contribution in [2.45, 2.75) is 0 Å². The van der Waals surface area contributed by atoms with E-state index in [0.717, 1.165) is 20.5 Å². The van der Waals surface area contributed by atoms with Crippen molar-refractivity contribution < 1.29 is 14.3 Å². The molecular weight excluding hydrogens is 402 g/mol. The first kappa shape index (κ1) is 19.1. The quantitative estimate of drug-likeness (QED) is 0.323. The van der Waals surface area contributed by atoms with Crippen molar-refractivity contribution in [3.8, 4) is 0 Å². The van der Waals surface area contributed by atoms with Crippen molar-refractivity contribution in [1.82, 2.24) is 0 Å². The lowest BCUT2D eigenvalue weighted by atomic mass is 10.1. The van der Waals surface area contributed by atoms with Crippen LogP contribution in [0.15, 0.2) is 77.5 Å². The van der Waals surface area contributed by atoms with E-state index in [1.54, 1.807) is 6.08 Å². The van der Waals surface area contributed by atoms with Crippen LogP contribution in [0.5, 0.6) is 0 Å². The number of hydrogen-bond donors (Lipinski definition) is 1. The summed E-state index contributed by atoms with van der Waals surface area (Å²) in [6.07, 6.45) is 1.79. The van der Waals surface area contributed by atoms with Crippen molar-refractivity contribution in [2.24, 2.45) is 0 Å². The monoisotopic (exact) mass is 419 g/mol. The fourth-order valence-corrected chi connectivity index (χ4v) is 4.24. The van der Waals surface area contributed by atoms with Crippen molar-refractivity contribution in [2.75, 3.05) is 11.9 Å². The zero-order chi connectivity index (χ0) is 20.1. The summed E-state index contributed by atoms with van der Waals surface area (Å²) in [7, 11) is 0. The van der Waals surface area contributed by atoms with Gasteiger partial charge in [-0.05, 0) is 51.9 Å². The number of ether oxygens (including phenoxy) is 1. The van der Waals surface area contributed by atoms with Crippen LogP contribution < -0.4 is 5.32 Å². The minimum absolute atomic E-state index is 0.348. The van der Waals surface area contributed by atoms with E-state index in [2.05, 4.69) is 5.32 Å². The van der Waals surface area contributed by atoms with Crippen LogP contribution in [0, 0.1) is 0 Å². The zero-order valence-corrected chi connectivity index (χ0v) is 17.0. The van der Waals surface area contributed by atoms with Crippen molar-refractivity contribution in [3.63, 3.8) is 0 Å². The Balaban J connectivity index is 1.42. The molecule has 0 saturated carbocycles. The third-order valence-corrected chi connectivity index (χ3v) is 5.93. The topological polar surface area (TPSA) is 55.4 Å². The summed E-state index contributed by atoms with van der Waals surface area (Å²) in [5, 5.41) is 8.75. The number of anilines is 1. The molecule has 1 amide bonds. The van der Waals surface area contributed by atoms with Crippen LogP contribution in [0.1, 0.15) is 9.75 Å². The van der Waals surface area contributed by atoms with Gasteiger partial charge in [0.1, 0.15) is 0 Å². The van der Waals surface area contributed by atoms with Gasteiger partial charge in [0.2, 0.25) is 0 Å². The molecule has 0 aliphatic heterocycles. The van der Waals surface area contributed by atoms with Gasteiger partial charge in [0, 0.05) is 15.4 Å². The Bertz CT molecular complexity index is 1160. The molecule has 2 heterocycles. The fourth-order valence-electron chi connectivity index (χ4n) is 2.85. The van der Waals surface area contributed by atoms with Gasteiger partial charge in [-0.15, -0.1) is 22.7 Å². The zero-order valence-electron chi connectivity index (χ0n) is 15.3. The highest BCUT2D eigenvalue weighted by molar-refractivity contribution is 7.12. The highest BCUT2D eigenvalue weighted by Gasteiger charge is 2.17. The number of fused-ring (bicyclic) bond motifs is 1. The molecule has 6 heteroatoms. The Hall–Kier alpha value is -3.22. The van der Waals surface area contributed by atoms with Crippen LogP contribution in [-0.4, -0.2) is 18.5 Å². The van der Waals surface area contributed by atoms with Crippen LogP contribution in [0.2, 0.25) is 0 Å². The molecule has 2 aromatic carbocycles. The van der Waals surface area contributed by atoms with Crippen LogP contribution in [0.3, 0.4) is 0 Å². The van der Waals surface area contributed by atoms with E-state index in [1.807, 2.05) is 77.5 Å². The Morgan fingerprint density at radius 3 is 2.45 bits per heavy atom. The van der Waals surface area contributed by atoms with Gasteiger partial charge in [0.15, 0.2) is 6.61 Å². The third kappa shape index (κ3) is 4.80. The molecule has 0 aliphatic carbocycles. The number of amides is 1. The standard InChI is InChI=1S/C23H17NO3S2/c25-22(24-18-10-9-16-5-1-2-6-17(16)13-18)15-27-23(26)20(21-8-4-12-29-21)14-19-7-3-11-28-19/h1-14H,15H2,(H,24,25). The number of thiophene rings is 2. The molecule has 0 unspecified atom stereocenters. The largest absolute Gasteiger partial charge is 0.452 e. The van der Waals surface area contributed by atoms with E-state index >= 15 is 0 Å². The smallest absolute Gasteiger partial charge is 0.340 e. The lowest BCUT2D eigenvalue weighted by Crippen LogP contribution is -2.21. The average molecular weight is 420 g/mol. The first-order chi connectivity index (χ1) is 14.2. The third-order valence-electron chi connectivity index (χ3n) is 4.20. The van der Waals surface area contributed by atoms with Crippen molar-refractivity contribution in [1.29, 1.82) is 0 Å². The molecule has 0 aliphatic rings. The molecule has 0 saturated heterocycles. The summed E-state index contributed by atoms with van der Waals surface area (Å²) < 4.78 is 5.29. The first-order valence-corrected chi connectivity index (χ1v) is 10.7. The van der Waals surface area contributed by atoms with E-state index < -0.39 is 5.97 Å². The highest BCUT2D eigenvalue weighted by Crippen LogP contribution is 2.26. The van der Waals surface area contributed by atoms with E-state index in [1.165, 1.54) is 22.7 Å². The molecular formula is C23H17NO3S2. The summed E-state index contributed by atoms with van der Waals surface area (Å²) in [4.78, 5) is 26.7. The predicted molar refractivity (Wildman–Crippen MR) is 120 cm³/mol. The van der Waals surface area contributed by atoms with E-state index in [9.17, 15) is 9.59 Å². The summed E-state index contributed by atoms with van der Waals surface area (Å²) in [6, 6.07) is 21.2. The molecule has 144 valence electrons. The van der Waals surface area contributed by atoms with Gasteiger partial charge in [0.25, 0.3) is 5.91 Å². The lowest BCUT2D eigenvalue weighted by molar-refractivity contribution is -0.141. The van der Waals surface area contributed by atoms with E-state index in [0.29, 0.717) is 11.3 Å². The molecule has 4 aromatic rings. The van der Waals surface area contributed by atoms with Gasteiger partial charge in [-0.3, -0.25) is 4.79 Å². The first-order valence-electron chi connectivity index (χ1n) is 8.94. The fraction of sp³-hybridized carbons (Fsp3) is 0.0435. The molecule has 2 aromatic heterocycles. The van der Waals surface area contributed by atoms with Crippen LogP contribution in [0.4, 0.5) is 5.69 Å². The Labute approximate surface area is 176 Å². The maximum absolute atomic E-state index is 12.6. The summed E-state index contributed by atoms with van der Waals surface area (Å²) in [5.74, 6) is -0.898. The molecule has 29 heavy (non-hydrogen) atoms. The molecule has 0 spiro atoms. The van der Waals surface area contributed by atoms with Crippen LogP contribution in [0.25, 0.3) is 22.4 Å². The lowest BCUT2D eigenvalue weighted by Gasteiger charge is -2.09. The van der Waals surface area contributed by atoms with E-state index in [4.69, 9.17) is 4.74 Å². The number of benzene rings is 2. The highest BCUT2D eigenvalue weighted by atomic mass is 32.1. The second-order valence-corrected chi connectivity index (χ2v) is 8.16. The molecule has 0 radical (unpaired) electrons. The average Bonchev–Trinajstić information content (AvgIpc) is 3.44. The molecule has 4 nitrogen and oxygen atoms in total. The second-order valence-electron chi connectivity index (χ2n) is 6.24. The number of carbonyl (C=O) groups excluding carboxylic acids is 2. The molecule has 4 rings (SSSR count). The summed E-state index contributed by atoms with van der Waals surface area (Å²) >= 11 is 2.99. The number of nitrogens with one attached hydrogen (secondary N) is 1. The van der Waals surface area contributed by atoms with Gasteiger partial charge < -0.3 is 10.1 Å². The number of esters is 1. The summed E-state index contributed by atoms with van der Waals surface area (Å²) in [5.41, 5.74) is 1.11. The molecule has 0 bridgehead atoms. The Morgan fingerprint density at radius 2 is 1.69 bits per heavy atom. The number of carbonyl (C=O) groups is 2. The van der Waals surface area contributed by atoms with Gasteiger partial charge in [-0.25, -0.2) is 4.79 Å². The summed E-state index contributed by atoms with van der Waals surface area (Å²) in [6.45, 7) is -0.348. The molecule has 0 fully saturated rings. The van der Waals surface area contributed by atoms with Gasteiger partial charge >= 0.3 is 5.97 Å². The minimum Gasteiger partial charge on any atom is -0.452 e. The molecule has 0 atom stereocenters. The SMILES string of the molecule is O=C(COC(=O)C(=Cc1cccs1)c1cccs1)Nc1ccc2ccccc2c1. The van der Waals surface area contributed by atoms with Gasteiger partial charge in [0.05, 0.1) is 5.57 Å². The maximum atomic E-state index is 12.6. The van der Waals surface area contributed by atoms with Gasteiger partial charge in [-0.2, -0.15) is 0 Å². The van der Waals surface area contributed by atoms with Gasteiger partial charge in [-0.1, -0.05) is 42.5 Å². The van der Waals surface area contributed by atoms with Crippen molar-refractivity contribution in [3.05, 3.63) is 87.2 Å². The van der Waals surface area contributed by atoms with Crippen molar-refractivity contribution >= 4 is 62.7 Å². The van der Waals surface area contributed by atoms with E-state index in [-0.39, 0.29) is 12.5 Å². The van der Waals surface area contributed by atoms with Crippen LogP contribution >= 0.6 is 22.7 Å². The normalized spacial score (nSPS) is 11.4. The maximum Gasteiger partial charge on any atom is 0.340 e. The number of hydrogen-bond acceptors (Lipinski definition) is 5. The Kier molecular flexibility index (Phi) is 5.84. The number of rotatable bonds is 6. The molecule has 1 N–H and O–H groups in total. The second kappa shape index (κ2) is 8.86. The Morgan fingerprint density at radius 1 is 0.897 bits per heavy atom. The predicted octanol–water partition coefficient (Wildman–Crippen LogP) is 5.69. The minimum atomic E-state index is -0.519.